The van der Waals surface area contributed by atoms with E-state index in [2.05, 4.69) is 5.32 Å². The first-order valence-corrected chi connectivity index (χ1v) is 13.2. The molecule has 0 spiro atoms. The SMILES string of the molecule is COc1ccc(N(CC(=O)Nc2ccc(Oc3ccccc3)cc2)S(=O)(=O)c2ccc(C)cc2)c(OC)c1. The van der Waals surface area contributed by atoms with Crippen LogP contribution in [0.1, 0.15) is 5.56 Å². The molecule has 9 heteroatoms. The molecule has 196 valence electrons. The molecule has 38 heavy (non-hydrogen) atoms. The lowest BCUT2D eigenvalue weighted by molar-refractivity contribution is -0.114. The summed E-state index contributed by atoms with van der Waals surface area (Å²) in [5.74, 6) is 1.49. The number of hydrogen-bond acceptors (Lipinski definition) is 6. The summed E-state index contributed by atoms with van der Waals surface area (Å²) in [7, 11) is -1.20. The minimum Gasteiger partial charge on any atom is -0.497 e. The fourth-order valence-corrected chi connectivity index (χ4v) is 5.12. The summed E-state index contributed by atoms with van der Waals surface area (Å²) in [4.78, 5) is 13.2. The van der Waals surface area contributed by atoms with Gasteiger partial charge >= 0.3 is 0 Å². The van der Waals surface area contributed by atoms with Gasteiger partial charge in [0.05, 0.1) is 24.8 Å². The Balaban J connectivity index is 1.59. The zero-order chi connectivity index (χ0) is 27.1. The van der Waals surface area contributed by atoms with E-state index in [1.54, 1.807) is 54.6 Å². The molecule has 0 fully saturated rings. The maximum absolute atomic E-state index is 13.7. The van der Waals surface area contributed by atoms with E-state index in [4.69, 9.17) is 14.2 Å². The van der Waals surface area contributed by atoms with Crippen molar-refractivity contribution >= 4 is 27.3 Å². The van der Waals surface area contributed by atoms with Crippen LogP contribution >= 0.6 is 0 Å². The van der Waals surface area contributed by atoms with Crippen molar-refractivity contribution in [1.82, 2.24) is 0 Å². The van der Waals surface area contributed by atoms with Crippen LogP contribution in [0, 0.1) is 6.92 Å². The second kappa shape index (κ2) is 11.7. The molecule has 0 aliphatic rings. The van der Waals surface area contributed by atoms with Gasteiger partial charge < -0.3 is 19.5 Å². The number of anilines is 2. The molecule has 0 bridgehead atoms. The number of carbonyl (C=O) groups is 1. The Kier molecular flexibility index (Phi) is 8.18. The molecule has 8 nitrogen and oxygen atoms in total. The highest BCUT2D eigenvalue weighted by atomic mass is 32.2. The smallest absolute Gasteiger partial charge is 0.264 e. The van der Waals surface area contributed by atoms with Crippen LogP contribution in [0.3, 0.4) is 0 Å². The quantitative estimate of drug-likeness (QED) is 0.284. The summed E-state index contributed by atoms with van der Waals surface area (Å²) in [6.45, 7) is 1.38. The number of sulfonamides is 1. The average Bonchev–Trinajstić information content (AvgIpc) is 2.93. The van der Waals surface area contributed by atoms with Gasteiger partial charge in [-0.25, -0.2) is 8.42 Å². The Labute approximate surface area is 222 Å². The van der Waals surface area contributed by atoms with Gasteiger partial charge in [0.25, 0.3) is 10.0 Å². The first-order valence-electron chi connectivity index (χ1n) is 11.7. The molecule has 1 amide bonds. The fraction of sp³-hybridized carbons (Fsp3) is 0.138. The molecule has 0 saturated carbocycles. The van der Waals surface area contributed by atoms with Crippen LogP contribution in [0.2, 0.25) is 0 Å². The van der Waals surface area contributed by atoms with Crippen LogP contribution in [0.25, 0.3) is 0 Å². The van der Waals surface area contributed by atoms with E-state index in [1.807, 2.05) is 37.3 Å². The lowest BCUT2D eigenvalue weighted by Gasteiger charge is -2.26. The topological polar surface area (TPSA) is 94.2 Å². The molecule has 0 saturated heterocycles. The molecule has 4 aromatic carbocycles. The van der Waals surface area contributed by atoms with Gasteiger partial charge in [0.15, 0.2) is 0 Å². The average molecular weight is 533 g/mol. The summed E-state index contributed by atoms with van der Waals surface area (Å²) in [6, 6.07) is 27.3. The Bertz CT molecular complexity index is 1490. The third-order valence-electron chi connectivity index (χ3n) is 5.67. The van der Waals surface area contributed by atoms with Crippen molar-refractivity contribution in [1.29, 1.82) is 0 Å². The molecule has 4 aromatic rings. The van der Waals surface area contributed by atoms with Crippen LogP contribution in [-0.2, 0) is 14.8 Å². The van der Waals surface area contributed by atoms with Gasteiger partial charge in [0.2, 0.25) is 5.91 Å². The molecule has 1 N–H and O–H groups in total. The number of nitrogens with zero attached hydrogens (tertiary/aromatic N) is 1. The Hall–Kier alpha value is -4.50. The molecule has 0 radical (unpaired) electrons. The van der Waals surface area contributed by atoms with Crippen molar-refractivity contribution in [2.75, 3.05) is 30.4 Å². The summed E-state index contributed by atoms with van der Waals surface area (Å²) in [6.07, 6.45) is 0. The molecule has 0 unspecified atom stereocenters. The van der Waals surface area contributed by atoms with Gasteiger partial charge in [-0.1, -0.05) is 35.9 Å². The molecule has 0 heterocycles. The van der Waals surface area contributed by atoms with E-state index in [9.17, 15) is 13.2 Å². The molecular formula is C29H28N2O6S. The van der Waals surface area contributed by atoms with E-state index in [0.29, 0.717) is 22.9 Å². The van der Waals surface area contributed by atoms with Gasteiger partial charge in [-0.15, -0.1) is 0 Å². The molecular weight excluding hydrogens is 504 g/mol. The number of amides is 1. The van der Waals surface area contributed by atoms with Crippen LogP contribution < -0.4 is 23.8 Å². The van der Waals surface area contributed by atoms with Crippen LogP contribution in [0.5, 0.6) is 23.0 Å². The number of hydrogen-bond donors (Lipinski definition) is 1. The fourth-order valence-electron chi connectivity index (χ4n) is 3.69. The first-order chi connectivity index (χ1) is 18.3. The normalized spacial score (nSPS) is 10.9. The third kappa shape index (κ3) is 6.24. The van der Waals surface area contributed by atoms with Crippen molar-refractivity contribution in [2.24, 2.45) is 0 Å². The van der Waals surface area contributed by atoms with Gasteiger partial charge in [0, 0.05) is 11.8 Å². The van der Waals surface area contributed by atoms with Crippen molar-refractivity contribution in [3.63, 3.8) is 0 Å². The minimum atomic E-state index is -4.12. The predicted octanol–water partition coefficient (Wildman–Crippen LogP) is 5.64. The van der Waals surface area contributed by atoms with Gasteiger partial charge in [-0.05, 0) is 67.6 Å². The van der Waals surface area contributed by atoms with E-state index in [1.165, 1.54) is 26.4 Å². The molecule has 0 aliphatic heterocycles. The number of para-hydroxylation sites is 1. The van der Waals surface area contributed by atoms with Gasteiger partial charge in [-0.3, -0.25) is 9.10 Å². The molecule has 0 atom stereocenters. The van der Waals surface area contributed by atoms with E-state index < -0.39 is 22.5 Å². The minimum absolute atomic E-state index is 0.0520. The second-order valence-electron chi connectivity index (χ2n) is 8.35. The number of benzene rings is 4. The first kappa shape index (κ1) is 26.6. The van der Waals surface area contributed by atoms with Crippen molar-refractivity contribution in [3.8, 4) is 23.0 Å². The predicted molar refractivity (Wildman–Crippen MR) is 147 cm³/mol. The number of nitrogens with one attached hydrogen (secondary N) is 1. The monoisotopic (exact) mass is 532 g/mol. The number of carbonyl (C=O) groups excluding carboxylic acids is 1. The highest BCUT2D eigenvalue weighted by Gasteiger charge is 2.29. The zero-order valence-corrected chi connectivity index (χ0v) is 22.1. The lowest BCUT2D eigenvalue weighted by atomic mass is 10.2. The summed E-state index contributed by atoms with van der Waals surface area (Å²) in [5, 5.41) is 2.76. The van der Waals surface area contributed by atoms with E-state index in [0.717, 1.165) is 9.87 Å². The standard InChI is InChI=1S/C29H28N2O6S/c1-21-9-16-26(17-10-21)38(33,34)31(27-18-15-25(35-2)19-28(27)36-3)20-29(32)30-22-11-13-24(14-12-22)37-23-7-5-4-6-8-23/h4-19H,20H2,1-3H3,(H,30,32). The zero-order valence-electron chi connectivity index (χ0n) is 21.2. The van der Waals surface area contributed by atoms with E-state index >= 15 is 0 Å². The number of aryl methyl sites for hydroxylation is 1. The maximum atomic E-state index is 13.7. The van der Waals surface area contributed by atoms with Crippen LogP contribution in [0.15, 0.2) is 102 Å². The maximum Gasteiger partial charge on any atom is 0.264 e. The number of rotatable bonds is 10. The number of methoxy groups -OCH3 is 2. The van der Waals surface area contributed by atoms with Crippen molar-refractivity contribution in [3.05, 3.63) is 103 Å². The van der Waals surface area contributed by atoms with Crippen LogP contribution in [0.4, 0.5) is 11.4 Å². The third-order valence-corrected chi connectivity index (χ3v) is 7.44. The summed E-state index contributed by atoms with van der Waals surface area (Å²) < 4.78 is 44.9. The Morgan fingerprint density at radius 1 is 0.789 bits per heavy atom. The summed E-state index contributed by atoms with van der Waals surface area (Å²) in [5.41, 5.74) is 1.61. The van der Waals surface area contributed by atoms with Crippen molar-refractivity contribution in [2.45, 2.75) is 11.8 Å². The largest absolute Gasteiger partial charge is 0.497 e. The highest BCUT2D eigenvalue weighted by molar-refractivity contribution is 7.92. The van der Waals surface area contributed by atoms with Gasteiger partial charge in [-0.2, -0.15) is 0 Å². The Morgan fingerprint density at radius 2 is 1.42 bits per heavy atom. The summed E-state index contributed by atoms with van der Waals surface area (Å²) >= 11 is 0. The molecule has 0 aromatic heterocycles. The second-order valence-corrected chi connectivity index (χ2v) is 10.2. The van der Waals surface area contributed by atoms with Crippen LogP contribution in [-0.4, -0.2) is 35.1 Å². The molecule has 4 rings (SSSR count). The molecule has 0 aliphatic carbocycles. The van der Waals surface area contributed by atoms with E-state index in [-0.39, 0.29) is 16.3 Å². The van der Waals surface area contributed by atoms with Gasteiger partial charge in [0.1, 0.15) is 29.5 Å². The Morgan fingerprint density at radius 3 is 2.05 bits per heavy atom. The lowest BCUT2D eigenvalue weighted by Crippen LogP contribution is -2.38. The highest BCUT2D eigenvalue weighted by Crippen LogP contribution is 2.35. The van der Waals surface area contributed by atoms with Crippen molar-refractivity contribution < 1.29 is 27.4 Å². The number of ether oxygens (including phenoxy) is 3.